The molecular formula is C4H8O4S. The maximum atomic E-state index is 10.4. The Balaban J connectivity index is 4.05. The first-order chi connectivity index (χ1) is 3.98. The second kappa shape index (κ2) is 2.82. The van der Waals surface area contributed by atoms with Gasteiger partial charge in [-0.25, -0.2) is 8.42 Å². The van der Waals surface area contributed by atoms with E-state index < -0.39 is 15.3 Å². The first kappa shape index (κ1) is 8.42. The molecule has 0 saturated carbocycles. The Morgan fingerprint density at radius 3 is 2.11 bits per heavy atom. The minimum atomic E-state index is -3.22. The first-order valence-electron chi connectivity index (χ1n) is 2.26. The summed E-state index contributed by atoms with van der Waals surface area (Å²) >= 11 is 0. The first-order valence-corrected chi connectivity index (χ1v) is 4.22. The number of carbonyl (C=O) groups excluding carboxylic acids is 1. The van der Waals surface area contributed by atoms with Gasteiger partial charge in [0, 0.05) is 6.26 Å². The molecule has 0 aromatic heterocycles. The van der Waals surface area contributed by atoms with Gasteiger partial charge in [0.1, 0.15) is 0 Å². The van der Waals surface area contributed by atoms with E-state index in [1.807, 2.05) is 0 Å². The SMILES string of the molecule is CC(OC=O)S(C)(=O)=O. The Bertz CT molecular complexity index is 181. The van der Waals surface area contributed by atoms with E-state index in [9.17, 15) is 13.2 Å². The fraction of sp³-hybridized carbons (Fsp3) is 0.750. The van der Waals surface area contributed by atoms with Gasteiger partial charge in [-0.15, -0.1) is 0 Å². The van der Waals surface area contributed by atoms with Crippen LogP contribution in [0.2, 0.25) is 0 Å². The Morgan fingerprint density at radius 1 is 1.56 bits per heavy atom. The third-order valence-electron chi connectivity index (χ3n) is 0.850. The molecule has 0 aromatic carbocycles. The Morgan fingerprint density at radius 2 is 2.00 bits per heavy atom. The maximum Gasteiger partial charge on any atom is 0.294 e. The molecule has 1 unspecified atom stereocenters. The van der Waals surface area contributed by atoms with Crippen molar-refractivity contribution in [2.45, 2.75) is 12.4 Å². The zero-order valence-electron chi connectivity index (χ0n) is 5.20. The molecule has 0 saturated heterocycles. The van der Waals surface area contributed by atoms with Crippen molar-refractivity contribution in [3.05, 3.63) is 0 Å². The summed E-state index contributed by atoms with van der Waals surface area (Å²) in [7, 11) is -3.22. The summed E-state index contributed by atoms with van der Waals surface area (Å²) in [5.74, 6) is 0. The minimum Gasteiger partial charge on any atom is -0.448 e. The second-order valence-electron chi connectivity index (χ2n) is 1.63. The van der Waals surface area contributed by atoms with Crippen LogP contribution in [0.15, 0.2) is 0 Å². The Hall–Kier alpha value is -0.580. The van der Waals surface area contributed by atoms with E-state index in [4.69, 9.17) is 0 Å². The molecule has 1 atom stereocenters. The standard InChI is InChI=1S/C4H8O4S/c1-4(8-3-5)9(2,6)7/h3-4H,1-2H3. The smallest absolute Gasteiger partial charge is 0.294 e. The molecule has 0 N–H and O–H groups in total. The van der Waals surface area contributed by atoms with Crippen molar-refractivity contribution in [2.75, 3.05) is 6.26 Å². The van der Waals surface area contributed by atoms with Crippen molar-refractivity contribution in [3.8, 4) is 0 Å². The van der Waals surface area contributed by atoms with Gasteiger partial charge in [0.05, 0.1) is 0 Å². The minimum absolute atomic E-state index is 0.117. The van der Waals surface area contributed by atoms with Crippen LogP contribution in [0.4, 0.5) is 0 Å². The molecule has 0 fully saturated rings. The van der Waals surface area contributed by atoms with E-state index in [0.717, 1.165) is 6.26 Å². The van der Waals surface area contributed by atoms with Gasteiger partial charge in [0.2, 0.25) is 0 Å². The van der Waals surface area contributed by atoms with Crippen LogP contribution >= 0.6 is 0 Å². The highest BCUT2D eigenvalue weighted by Gasteiger charge is 2.13. The lowest BCUT2D eigenvalue weighted by molar-refractivity contribution is -0.129. The van der Waals surface area contributed by atoms with Gasteiger partial charge in [-0.2, -0.15) is 0 Å². The van der Waals surface area contributed by atoms with E-state index >= 15 is 0 Å². The summed E-state index contributed by atoms with van der Waals surface area (Å²) in [4.78, 5) is 9.58. The summed E-state index contributed by atoms with van der Waals surface area (Å²) < 4.78 is 25.0. The Kier molecular flexibility index (Phi) is 2.64. The normalized spacial score (nSPS) is 14.4. The topological polar surface area (TPSA) is 60.4 Å². The van der Waals surface area contributed by atoms with Gasteiger partial charge >= 0.3 is 0 Å². The number of rotatable bonds is 3. The number of hydrogen-bond donors (Lipinski definition) is 0. The van der Waals surface area contributed by atoms with Crippen LogP contribution in [-0.4, -0.2) is 26.6 Å². The van der Waals surface area contributed by atoms with Crippen molar-refractivity contribution in [2.24, 2.45) is 0 Å². The summed E-state index contributed by atoms with van der Waals surface area (Å²) in [5, 5.41) is 0. The monoisotopic (exact) mass is 152 g/mol. The summed E-state index contributed by atoms with van der Waals surface area (Å²) in [6, 6.07) is 0. The van der Waals surface area contributed by atoms with Crippen LogP contribution in [-0.2, 0) is 19.4 Å². The van der Waals surface area contributed by atoms with Crippen molar-refractivity contribution >= 4 is 16.3 Å². The lowest BCUT2D eigenvalue weighted by Gasteiger charge is -2.04. The molecule has 0 bridgehead atoms. The highest BCUT2D eigenvalue weighted by atomic mass is 32.2. The van der Waals surface area contributed by atoms with Gasteiger partial charge < -0.3 is 4.74 Å². The molecule has 5 heteroatoms. The maximum absolute atomic E-state index is 10.4. The number of carbonyl (C=O) groups is 1. The highest BCUT2D eigenvalue weighted by Crippen LogP contribution is 1.96. The number of sulfone groups is 1. The van der Waals surface area contributed by atoms with Crippen molar-refractivity contribution in [3.63, 3.8) is 0 Å². The third kappa shape index (κ3) is 3.07. The lowest BCUT2D eigenvalue weighted by atomic mass is 10.9. The number of hydrogen-bond acceptors (Lipinski definition) is 4. The van der Waals surface area contributed by atoms with Crippen LogP contribution < -0.4 is 0 Å². The van der Waals surface area contributed by atoms with Crippen LogP contribution in [0, 0.1) is 0 Å². The van der Waals surface area contributed by atoms with Gasteiger partial charge in [0.25, 0.3) is 6.47 Å². The quantitative estimate of drug-likeness (QED) is 0.514. The second-order valence-corrected chi connectivity index (χ2v) is 3.95. The molecule has 0 amide bonds. The van der Waals surface area contributed by atoms with Crippen LogP contribution in [0.5, 0.6) is 0 Å². The Labute approximate surface area is 53.7 Å². The van der Waals surface area contributed by atoms with Crippen molar-refractivity contribution < 1.29 is 17.9 Å². The predicted molar refractivity (Wildman–Crippen MR) is 31.5 cm³/mol. The zero-order valence-corrected chi connectivity index (χ0v) is 6.01. The van der Waals surface area contributed by atoms with Gasteiger partial charge in [-0.1, -0.05) is 0 Å². The van der Waals surface area contributed by atoms with E-state index in [0.29, 0.717) is 0 Å². The lowest BCUT2D eigenvalue weighted by Crippen LogP contribution is -2.18. The average Bonchev–Trinajstić information content (AvgIpc) is 1.64. The molecule has 0 rings (SSSR count). The molecule has 0 radical (unpaired) electrons. The molecule has 54 valence electrons. The van der Waals surface area contributed by atoms with E-state index in [1.54, 1.807) is 0 Å². The molecule has 9 heavy (non-hydrogen) atoms. The van der Waals surface area contributed by atoms with Gasteiger partial charge in [0.15, 0.2) is 15.3 Å². The van der Waals surface area contributed by atoms with Crippen molar-refractivity contribution in [1.82, 2.24) is 0 Å². The zero-order chi connectivity index (χ0) is 7.49. The predicted octanol–water partition coefficient (Wildman–Crippen LogP) is -0.450. The average molecular weight is 152 g/mol. The summed E-state index contributed by atoms with van der Waals surface area (Å²) in [5.41, 5.74) is -1.03. The molecule has 0 aliphatic heterocycles. The van der Waals surface area contributed by atoms with E-state index in [1.165, 1.54) is 6.92 Å². The van der Waals surface area contributed by atoms with E-state index in [-0.39, 0.29) is 6.47 Å². The molecule has 0 spiro atoms. The van der Waals surface area contributed by atoms with Crippen LogP contribution in [0.3, 0.4) is 0 Å². The van der Waals surface area contributed by atoms with Gasteiger partial charge in [-0.05, 0) is 6.92 Å². The molecule has 4 nitrogen and oxygen atoms in total. The highest BCUT2D eigenvalue weighted by molar-refractivity contribution is 7.91. The molecule has 0 aromatic rings. The largest absolute Gasteiger partial charge is 0.448 e. The molecular weight excluding hydrogens is 144 g/mol. The third-order valence-corrected chi connectivity index (χ3v) is 2.17. The fourth-order valence-electron chi connectivity index (χ4n) is 0.179. The van der Waals surface area contributed by atoms with Crippen molar-refractivity contribution in [1.29, 1.82) is 0 Å². The van der Waals surface area contributed by atoms with Crippen LogP contribution in [0.25, 0.3) is 0 Å². The van der Waals surface area contributed by atoms with Gasteiger partial charge in [-0.3, -0.25) is 4.79 Å². The van der Waals surface area contributed by atoms with E-state index in [2.05, 4.69) is 4.74 Å². The fourth-order valence-corrected chi connectivity index (χ4v) is 0.426. The molecule has 0 heterocycles. The molecule has 0 aliphatic carbocycles. The summed E-state index contributed by atoms with van der Waals surface area (Å²) in [6.07, 6.45) is 1.00. The number of ether oxygens (including phenoxy) is 1. The molecule has 0 aliphatic rings. The summed E-state index contributed by atoms with van der Waals surface area (Å²) in [6.45, 7) is 1.41. The van der Waals surface area contributed by atoms with Crippen LogP contribution in [0.1, 0.15) is 6.92 Å².